The molecule has 14 nitrogen and oxygen atoms in total. The average Bonchev–Trinajstić information content (AvgIpc) is 3.67. The van der Waals surface area contributed by atoms with Crippen LogP contribution in [-0.2, 0) is 48.3 Å². The highest BCUT2D eigenvalue weighted by atomic mass is 19.3. The van der Waals surface area contributed by atoms with E-state index in [1.807, 2.05) is 12.1 Å². The summed E-state index contributed by atoms with van der Waals surface area (Å²) in [4.78, 5) is 75.6. The zero-order valence-corrected chi connectivity index (χ0v) is 23.8. The largest absolute Gasteiger partial charge is 0.448 e. The van der Waals surface area contributed by atoms with Crippen LogP contribution in [0.5, 0.6) is 0 Å². The number of likely N-dealkylation sites (tertiary alicyclic amines) is 1. The van der Waals surface area contributed by atoms with Crippen LogP contribution in [0.2, 0.25) is 0 Å². The Bertz CT molecular complexity index is 1380. The molecule has 0 saturated carbocycles. The van der Waals surface area contributed by atoms with Crippen molar-refractivity contribution in [2.24, 2.45) is 11.7 Å². The molecule has 2 fully saturated rings. The average molecular weight is 618 g/mol. The number of alkyl halides is 2. The van der Waals surface area contributed by atoms with Gasteiger partial charge in [0.05, 0.1) is 19.2 Å². The van der Waals surface area contributed by atoms with Crippen molar-refractivity contribution in [1.29, 1.82) is 5.26 Å². The second-order valence-electron chi connectivity index (χ2n) is 11.0. The maximum absolute atomic E-state index is 13.8. The lowest BCUT2D eigenvalue weighted by Gasteiger charge is -2.22. The fraction of sp³-hybridized carbons (Fsp3) is 0.536. The third kappa shape index (κ3) is 7.97. The van der Waals surface area contributed by atoms with E-state index in [9.17, 15) is 42.8 Å². The van der Waals surface area contributed by atoms with Crippen LogP contribution in [0.1, 0.15) is 48.8 Å². The number of rotatable bonds is 11. The van der Waals surface area contributed by atoms with Crippen LogP contribution in [-0.4, -0.2) is 83.1 Å². The van der Waals surface area contributed by atoms with Crippen LogP contribution >= 0.6 is 0 Å². The number of nitrogens with one attached hydrogen (secondary N) is 3. The summed E-state index contributed by atoms with van der Waals surface area (Å²) in [5.74, 6) is -6.35. The van der Waals surface area contributed by atoms with Gasteiger partial charge in [-0.25, -0.2) is 13.6 Å². The molecule has 0 aromatic heterocycles. The Hall–Kier alpha value is -4.81. The predicted molar refractivity (Wildman–Crippen MR) is 146 cm³/mol. The van der Waals surface area contributed by atoms with Crippen LogP contribution in [0.25, 0.3) is 0 Å². The van der Waals surface area contributed by atoms with E-state index in [0.29, 0.717) is 6.54 Å². The Morgan fingerprint density at radius 3 is 2.57 bits per heavy atom. The topological polar surface area (TPSA) is 204 Å². The molecule has 16 heteroatoms. The number of hydrogen-bond donors (Lipinski definition) is 4. The number of carbonyl (C=O) groups is 6. The molecule has 2 saturated heterocycles. The quantitative estimate of drug-likeness (QED) is 0.244. The van der Waals surface area contributed by atoms with Crippen molar-refractivity contribution < 1.29 is 42.3 Å². The molecule has 6 amide bonds. The molecule has 0 bridgehead atoms. The van der Waals surface area contributed by atoms with Crippen molar-refractivity contribution in [3.05, 3.63) is 34.9 Å². The molecule has 44 heavy (non-hydrogen) atoms. The van der Waals surface area contributed by atoms with Gasteiger partial charge < -0.3 is 36.2 Å². The second kappa shape index (κ2) is 13.7. The van der Waals surface area contributed by atoms with E-state index in [1.54, 1.807) is 17.0 Å². The molecular weight excluding hydrogens is 584 g/mol. The smallest absolute Gasteiger partial charge is 0.404 e. The molecule has 3 atom stereocenters. The summed E-state index contributed by atoms with van der Waals surface area (Å²) in [6, 6.07) is 4.82. The number of benzene rings is 1. The van der Waals surface area contributed by atoms with Gasteiger partial charge >= 0.3 is 6.09 Å². The molecule has 0 unspecified atom stereocenters. The highest BCUT2D eigenvalue weighted by Gasteiger charge is 2.50. The number of primary amides is 1. The Morgan fingerprint density at radius 2 is 1.86 bits per heavy atom. The summed E-state index contributed by atoms with van der Waals surface area (Å²) in [5, 5.41) is 16.9. The SMILES string of the molecule is N#C[C@@H]1CC(F)(F)CN1C(=O)[C@@H]1C[C@@H](CC(=O)N2Cc3cccc(CNC(=O)CCC(=O)NCCOC(N)=O)c3C2)C(=O)N1. The number of nitriles is 1. The van der Waals surface area contributed by atoms with Gasteiger partial charge in [0, 0.05) is 51.2 Å². The van der Waals surface area contributed by atoms with Gasteiger partial charge in [-0.05, 0) is 23.1 Å². The van der Waals surface area contributed by atoms with Gasteiger partial charge in [0.15, 0.2) is 0 Å². The normalized spacial score (nSPS) is 21.7. The number of hydrogen-bond acceptors (Lipinski definition) is 8. The van der Waals surface area contributed by atoms with E-state index < -0.39 is 60.7 Å². The summed E-state index contributed by atoms with van der Waals surface area (Å²) in [6.45, 7) is -0.182. The highest BCUT2D eigenvalue weighted by molar-refractivity contribution is 5.94. The van der Waals surface area contributed by atoms with Crippen molar-refractivity contribution in [3.8, 4) is 6.07 Å². The first-order valence-electron chi connectivity index (χ1n) is 14.1. The molecule has 236 valence electrons. The molecule has 4 rings (SSSR count). The fourth-order valence-electron chi connectivity index (χ4n) is 5.56. The maximum Gasteiger partial charge on any atom is 0.404 e. The number of nitrogens with two attached hydrogens (primary N) is 1. The minimum Gasteiger partial charge on any atom is -0.448 e. The van der Waals surface area contributed by atoms with Crippen LogP contribution in [0.3, 0.4) is 0 Å². The molecule has 0 spiro atoms. The van der Waals surface area contributed by atoms with E-state index in [1.165, 1.54) is 0 Å². The lowest BCUT2D eigenvalue weighted by molar-refractivity contribution is -0.135. The van der Waals surface area contributed by atoms with Gasteiger partial charge in [-0.1, -0.05) is 18.2 Å². The lowest BCUT2D eigenvalue weighted by atomic mass is 9.99. The van der Waals surface area contributed by atoms with Gasteiger partial charge in [-0.15, -0.1) is 0 Å². The molecule has 1 aromatic rings. The van der Waals surface area contributed by atoms with Crippen LogP contribution in [0.4, 0.5) is 13.6 Å². The first-order chi connectivity index (χ1) is 20.9. The van der Waals surface area contributed by atoms with Crippen LogP contribution in [0, 0.1) is 17.2 Å². The Kier molecular flexibility index (Phi) is 9.97. The monoisotopic (exact) mass is 617 g/mol. The minimum atomic E-state index is -3.18. The lowest BCUT2D eigenvalue weighted by Crippen LogP contribution is -2.46. The van der Waals surface area contributed by atoms with E-state index in [4.69, 9.17) is 5.73 Å². The van der Waals surface area contributed by atoms with E-state index in [-0.39, 0.29) is 63.7 Å². The van der Waals surface area contributed by atoms with Crippen molar-refractivity contribution in [2.45, 2.75) is 69.7 Å². The summed E-state index contributed by atoms with van der Waals surface area (Å²) in [7, 11) is 0. The molecule has 3 heterocycles. The summed E-state index contributed by atoms with van der Waals surface area (Å²) >= 11 is 0. The zero-order chi connectivity index (χ0) is 32.0. The summed E-state index contributed by atoms with van der Waals surface area (Å²) in [5.41, 5.74) is 7.36. The highest BCUT2D eigenvalue weighted by Crippen LogP contribution is 2.34. The molecular formula is C28H33F2N7O7. The predicted octanol–water partition coefficient (Wildman–Crippen LogP) is -0.209. The molecule has 1 aromatic carbocycles. The number of fused-ring (bicyclic) bond motifs is 1. The van der Waals surface area contributed by atoms with Crippen molar-refractivity contribution in [1.82, 2.24) is 25.8 Å². The third-order valence-electron chi connectivity index (χ3n) is 7.79. The van der Waals surface area contributed by atoms with Crippen molar-refractivity contribution in [3.63, 3.8) is 0 Å². The van der Waals surface area contributed by atoms with Gasteiger partial charge in [0.1, 0.15) is 18.7 Å². The van der Waals surface area contributed by atoms with Crippen molar-refractivity contribution >= 4 is 35.6 Å². The van der Waals surface area contributed by atoms with Crippen LogP contribution < -0.4 is 21.7 Å². The second-order valence-corrected chi connectivity index (χ2v) is 11.0. The molecule has 5 N–H and O–H groups in total. The number of nitrogens with zero attached hydrogens (tertiary/aromatic N) is 3. The Labute approximate surface area is 251 Å². The number of ether oxygens (including phenoxy) is 1. The number of halogens is 2. The standard InChI is InChI=1S/C28H33F2N7O7/c29-28(30)10-19(11-31)37(15-28)26(42)21-8-18(25(41)35-21)9-24(40)36-13-17-3-1-2-16(20(17)14-36)12-34-23(39)5-4-22(38)33-6-7-44-27(32)43/h1-3,18-19,21H,4-10,12-15H2,(H2,32,43)(H,33,38)(H,34,39)(H,35,41)/t18-,19-,21-/m0/s1. The first kappa shape index (κ1) is 32.1. The maximum atomic E-state index is 13.8. The Balaban J connectivity index is 1.24. The van der Waals surface area contributed by atoms with Gasteiger partial charge in [-0.2, -0.15) is 5.26 Å². The van der Waals surface area contributed by atoms with E-state index in [0.717, 1.165) is 21.6 Å². The molecule has 0 aliphatic carbocycles. The number of carbonyl (C=O) groups excluding carboxylic acids is 6. The molecule has 3 aliphatic heterocycles. The molecule has 3 aliphatic rings. The zero-order valence-electron chi connectivity index (χ0n) is 23.8. The minimum absolute atomic E-state index is 0.0408. The van der Waals surface area contributed by atoms with Gasteiger partial charge in [0.2, 0.25) is 29.5 Å². The van der Waals surface area contributed by atoms with Gasteiger partial charge in [-0.3, -0.25) is 24.0 Å². The first-order valence-corrected chi connectivity index (χ1v) is 14.1. The third-order valence-corrected chi connectivity index (χ3v) is 7.79. The van der Waals surface area contributed by atoms with E-state index >= 15 is 0 Å². The van der Waals surface area contributed by atoms with Crippen molar-refractivity contribution in [2.75, 3.05) is 19.7 Å². The molecule has 0 radical (unpaired) electrons. The Morgan fingerprint density at radius 1 is 1.14 bits per heavy atom. The number of amides is 6. The van der Waals surface area contributed by atoms with Crippen LogP contribution in [0.15, 0.2) is 18.2 Å². The van der Waals surface area contributed by atoms with Gasteiger partial charge in [0.25, 0.3) is 5.92 Å². The summed E-state index contributed by atoms with van der Waals surface area (Å²) < 4.78 is 32.1. The van der Waals surface area contributed by atoms with E-state index in [2.05, 4.69) is 20.7 Å². The summed E-state index contributed by atoms with van der Waals surface area (Å²) in [6.07, 6.45) is -2.05. The fourth-order valence-corrected chi connectivity index (χ4v) is 5.56.